The third kappa shape index (κ3) is 5.60. The van der Waals surface area contributed by atoms with Gasteiger partial charge in [-0.25, -0.2) is 0 Å². The lowest BCUT2D eigenvalue weighted by molar-refractivity contribution is -0.0316. The zero-order valence-electron chi connectivity index (χ0n) is 16.5. The Labute approximate surface area is 157 Å². The maximum Gasteiger partial charge on any atom is 0.160 e. The second kappa shape index (κ2) is 10.8. The van der Waals surface area contributed by atoms with E-state index in [0.29, 0.717) is 18.4 Å². The van der Waals surface area contributed by atoms with Gasteiger partial charge >= 0.3 is 0 Å². The zero-order chi connectivity index (χ0) is 18.9. The summed E-state index contributed by atoms with van der Waals surface area (Å²) >= 11 is 0. The molecule has 148 valence electrons. The van der Waals surface area contributed by atoms with E-state index < -0.39 is 0 Å². The maximum atomic E-state index is 9.85. The van der Waals surface area contributed by atoms with Crippen LogP contribution in [-0.4, -0.2) is 60.2 Å². The van der Waals surface area contributed by atoms with Crippen molar-refractivity contribution in [2.45, 2.75) is 70.6 Å². The van der Waals surface area contributed by atoms with Crippen molar-refractivity contribution >= 4 is 0 Å². The molecule has 26 heavy (non-hydrogen) atoms. The summed E-state index contributed by atoms with van der Waals surface area (Å²) in [6, 6.07) is 5.95. The van der Waals surface area contributed by atoms with Crippen LogP contribution in [0.1, 0.15) is 51.5 Å². The highest BCUT2D eigenvalue weighted by Crippen LogP contribution is 2.29. The monoisotopic (exact) mass is 365 g/mol. The van der Waals surface area contributed by atoms with E-state index in [1.807, 2.05) is 19.9 Å². The van der Waals surface area contributed by atoms with Crippen molar-refractivity contribution in [1.29, 1.82) is 0 Å². The Hall–Kier alpha value is -1.30. The van der Waals surface area contributed by atoms with Gasteiger partial charge in [-0.1, -0.05) is 32.8 Å². The molecule has 0 radical (unpaired) electrons. The molecule has 5 heteroatoms. The van der Waals surface area contributed by atoms with Gasteiger partial charge in [0.15, 0.2) is 11.5 Å². The molecule has 2 aliphatic rings. The number of benzene rings is 1. The molecule has 0 unspecified atom stereocenters. The molecule has 0 amide bonds. The zero-order valence-corrected chi connectivity index (χ0v) is 16.5. The van der Waals surface area contributed by atoms with Gasteiger partial charge in [-0.3, -0.25) is 4.90 Å². The number of β-amino-alcohol motifs (C(OH)–C–C–N with tert-alkyl or cyclic N) is 1. The molecule has 3 atom stereocenters. The molecule has 0 bridgehead atoms. The number of aromatic hydroxyl groups is 1. The van der Waals surface area contributed by atoms with E-state index in [-0.39, 0.29) is 18.0 Å². The van der Waals surface area contributed by atoms with Crippen LogP contribution in [0.15, 0.2) is 18.2 Å². The average Bonchev–Trinajstić information content (AvgIpc) is 3.10. The topological polar surface area (TPSA) is 62.2 Å². The van der Waals surface area contributed by atoms with Gasteiger partial charge in [-0.2, -0.15) is 0 Å². The Morgan fingerprint density at radius 2 is 1.92 bits per heavy atom. The first kappa shape index (κ1) is 21.0. The summed E-state index contributed by atoms with van der Waals surface area (Å²) in [7, 11) is 1.55. The third-order valence-corrected chi connectivity index (χ3v) is 5.30. The number of aliphatic hydroxyl groups excluding tert-OH is 1. The average molecular weight is 366 g/mol. The fourth-order valence-corrected chi connectivity index (χ4v) is 3.98. The Bertz CT molecular complexity index is 537. The summed E-state index contributed by atoms with van der Waals surface area (Å²) in [5.74, 6) is 0.677. The standard InChI is InChI=1S/C19H29NO4.C2H6/c1-23-19-7-6-14(12-17(19)22)9-11-24-18-5-3-2-4-16(18)20-10-8-15(21)13-20;1-2/h6-7,12,15-16,18,21-22H,2-5,8-11,13H2,1H3;1-2H3/t15-,16-,18-;/m1./s1. The molecule has 1 aromatic rings. The normalized spacial score (nSPS) is 26.2. The fraction of sp³-hybridized carbons (Fsp3) is 0.714. The van der Waals surface area contributed by atoms with Gasteiger partial charge in [-0.05, 0) is 43.4 Å². The maximum absolute atomic E-state index is 9.85. The van der Waals surface area contributed by atoms with Crippen LogP contribution in [0, 0.1) is 0 Å². The number of hydrogen-bond donors (Lipinski definition) is 2. The van der Waals surface area contributed by atoms with Crippen LogP contribution in [0.3, 0.4) is 0 Å². The number of hydrogen-bond acceptors (Lipinski definition) is 5. The van der Waals surface area contributed by atoms with Crippen LogP contribution in [-0.2, 0) is 11.2 Å². The number of phenolic OH excluding ortho intramolecular Hbond substituents is 1. The lowest BCUT2D eigenvalue weighted by Gasteiger charge is -2.37. The Morgan fingerprint density at radius 3 is 2.58 bits per heavy atom. The van der Waals surface area contributed by atoms with Gasteiger partial charge in [0.2, 0.25) is 0 Å². The van der Waals surface area contributed by atoms with Crippen LogP contribution in [0.5, 0.6) is 11.5 Å². The molecule has 2 fully saturated rings. The minimum absolute atomic E-state index is 0.171. The summed E-state index contributed by atoms with van der Waals surface area (Å²) in [4.78, 5) is 2.41. The van der Waals surface area contributed by atoms with Crippen molar-refractivity contribution in [2.24, 2.45) is 0 Å². The first-order chi connectivity index (χ1) is 12.7. The van der Waals surface area contributed by atoms with E-state index in [4.69, 9.17) is 9.47 Å². The molecule has 0 aromatic heterocycles. The predicted molar refractivity (Wildman–Crippen MR) is 104 cm³/mol. The number of ether oxygens (including phenoxy) is 2. The highest BCUT2D eigenvalue weighted by atomic mass is 16.5. The predicted octanol–water partition coefficient (Wildman–Crippen LogP) is 3.36. The summed E-state index contributed by atoms with van der Waals surface area (Å²) < 4.78 is 11.3. The van der Waals surface area contributed by atoms with Crippen molar-refractivity contribution in [2.75, 3.05) is 26.8 Å². The molecular formula is C21H35NO4. The highest BCUT2D eigenvalue weighted by Gasteiger charge is 2.34. The molecule has 1 aliphatic carbocycles. The van der Waals surface area contributed by atoms with Crippen molar-refractivity contribution in [3.8, 4) is 11.5 Å². The van der Waals surface area contributed by atoms with E-state index in [9.17, 15) is 10.2 Å². The minimum atomic E-state index is -0.171. The molecular weight excluding hydrogens is 330 g/mol. The number of nitrogens with zero attached hydrogens (tertiary/aromatic N) is 1. The van der Waals surface area contributed by atoms with Crippen LogP contribution in [0.25, 0.3) is 0 Å². The molecule has 1 saturated carbocycles. The second-order valence-electron chi connectivity index (χ2n) is 6.95. The second-order valence-corrected chi connectivity index (χ2v) is 6.95. The Morgan fingerprint density at radius 1 is 1.15 bits per heavy atom. The van der Waals surface area contributed by atoms with Crippen molar-refractivity contribution in [3.63, 3.8) is 0 Å². The Kier molecular flexibility index (Phi) is 8.69. The number of rotatable bonds is 6. The van der Waals surface area contributed by atoms with Gasteiger partial charge in [0, 0.05) is 19.1 Å². The Balaban J connectivity index is 0.00000117. The smallest absolute Gasteiger partial charge is 0.160 e. The number of methoxy groups -OCH3 is 1. The third-order valence-electron chi connectivity index (χ3n) is 5.30. The first-order valence-corrected chi connectivity index (χ1v) is 10.1. The molecule has 5 nitrogen and oxygen atoms in total. The van der Waals surface area contributed by atoms with E-state index in [2.05, 4.69) is 4.90 Å². The van der Waals surface area contributed by atoms with Crippen LogP contribution >= 0.6 is 0 Å². The van der Waals surface area contributed by atoms with E-state index in [0.717, 1.165) is 37.9 Å². The van der Waals surface area contributed by atoms with Crippen LogP contribution in [0.4, 0.5) is 0 Å². The highest BCUT2D eigenvalue weighted by molar-refractivity contribution is 5.41. The molecule has 1 aliphatic heterocycles. The summed E-state index contributed by atoms with van der Waals surface area (Å²) in [5, 5.41) is 19.6. The van der Waals surface area contributed by atoms with Gasteiger partial charge < -0.3 is 19.7 Å². The molecule has 2 N–H and O–H groups in total. The molecule has 3 rings (SSSR count). The molecule has 1 heterocycles. The molecule has 1 saturated heterocycles. The van der Waals surface area contributed by atoms with Gasteiger partial charge in [0.1, 0.15) is 0 Å². The minimum Gasteiger partial charge on any atom is -0.504 e. The number of likely N-dealkylation sites (tertiary alicyclic amines) is 1. The summed E-state index contributed by atoms with van der Waals surface area (Å²) in [5.41, 5.74) is 1.05. The lowest BCUT2D eigenvalue weighted by Crippen LogP contribution is -2.46. The van der Waals surface area contributed by atoms with Gasteiger partial charge in [0.05, 0.1) is 25.9 Å². The van der Waals surface area contributed by atoms with Gasteiger partial charge in [0.25, 0.3) is 0 Å². The van der Waals surface area contributed by atoms with E-state index in [1.165, 1.54) is 19.3 Å². The van der Waals surface area contributed by atoms with Crippen molar-refractivity contribution < 1.29 is 19.7 Å². The summed E-state index contributed by atoms with van der Waals surface area (Å²) in [6.45, 7) is 6.43. The van der Waals surface area contributed by atoms with Crippen LogP contribution < -0.4 is 4.74 Å². The summed E-state index contributed by atoms with van der Waals surface area (Å²) in [6.07, 6.45) is 6.50. The molecule has 1 aromatic carbocycles. The quantitative estimate of drug-likeness (QED) is 0.809. The largest absolute Gasteiger partial charge is 0.504 e. The van der Waals surface area contributed by atoms with E-state index in [1.54, 1.807) is 19.2 Å². The lowest BCUT2D eigenvalue weighted by atomic mass is 9.91. The van der Waals surface area contributed by atoms with Gasteiger partial charge in [-0.15, -0.1) is 0 Å². The number of phenols is 1. The SMILES string of the molecule is CC.COc1ccc(CCO[C@@H]2CCCC[C@H]2N2CC[C@@H](O)C2)cc1O. The molecule has 0 spiro atoms. The first-order valence-electron chi connectivity index (χ1n) is 10.1. The van der Waals surface area contributed by atoms with Crippen molar-refractivity contribution in [1.82, 2.24) is 4.90 Å². The fourth-order valence-electron chi connectivity index (χ4n) is 3.98. The number of aliphatic hydroxyl groups is 1. The van der Waals surface area contributed by atoms with Crippen molar-refractivity contribution in [3.05, 3.63) is 23.8 Å². The van der Waals surface area contributed by atoms with Crippen LogP contribution in [0.2, 0.25) is 0 Å². The van der Waals surface area contributed by atoms with E-state index >= 15 is 0 Å².